The molecular formula is C7H14N2. The maximum atomic E-state index is 6.06. The number of nitrogens with zero attached hydrogens (tertiary/aromatic N) is 1. The minimum Gasteiger partial charge on any atom is -0.324 e. The molecule has 1 saturated heterocycles. The van der Waals surface area contributed by atoms with E-state index in [1.807, 2.05) is 0 Å². The normalized spacial score (nSPS) is 50.7. The highest BCUT2D eigenvalue weighted by Crippen LogP contribution is 2.41. The number of likely N-dealkylation sites (N-methyl/N-ethyl adjacent to an activating group) is 1. The number of hydrogen-bond acceptors (Lipinski definition) is 2. The van der Waals surface area contributed by atoms with Crippen molar-refractivity contribution in [1.29, 1.82) is 0 Å². The van der Waals surface area contributed by atoms with Crippen LogP contribution >= 0.6 is 0 Å². The highest BCUT2D eigenvalue weighted by atomic mass is 15.2. The molecule has 0 aromatic rings. The van der Waals surface area contributed by atoms with Gasteiger partial charge in [0.1, 0.15) is 0 Å². The molecular weight excluding hydrogens is 112 g/mol. The minimum absolute atomic E-state index is 0.231. The minimum atomic E-state index is 0.231. The first-order valence-electron chi connectivity index (χ1n) is 3.68. The zero-order valence-corrected chi connectivity index (χ0v) is 5.93. The molecule has 2 atom stereocenters. The Bertz CT molecular complexity index is 135. The van der Waals surface area contributed by atoms with Crippen molar-refractivity contribution < 1.29 is 0 Å². The summed E-state index contributed by atoms with van der Waals surface area (Å²) in [6, 6.07) is 0. The maximum absolute atomic E-state index is 6.06. The van der Waals surface area contributed by atoms with Gasteiger partial charge >= 0.3 is 0 Å². The van der Waals surface area contributed by atoms with Crippen molar-refractivity contribution >= 4 is 0 Å². The van der Waals surface area contributed by atoms with Gasteiger partial charge < -0.3 is 10.6 Å². The lowest BCUT2D eigenvalue weighted by Crippen LogP contribution is -2.54. The fraction of sp³-hybridized carbons (Fsp3) is 1.00. The lowest BCUT2D eigenvalue weighted by Gasteiger charge is -2.40. The van der Waals surface area contributed by atoms with Crippen molar-refractivity contribution in [3.63, 3.8) is 0 Å². The summed E-state index contributed by atoms with van der Waals surface area (Å²) in [6.07, 6.45) is 2.61. The van der Waals surface area contributed by atoms with Gasteiger partial charge in [0.2, 0.25) is 0 Å². The molecule has 1 saturated carbocycles. The monoisotopic (exact) mass is 126 g/mol. The molecule has 1 aliphatic heterocycles. The summed E-state index contributed by atoms with van der Waals surface area (Å²) in [4.78, 5) is 2.34. The van der Waals surface area contributed by atoms with Crippen molar-refractivity contribution in [3.05, 3.63) is 0 Å². The molecule has 2 aliphatic rings. The van der Waals surface area contributed by atoms with E-state index in [-0.39, 0.29) is 5.54 Å². The van der Waals surface area contributed by atoms with Crippen LogP contribution in [0.4, 0.5) is 0 Å². The Balaban J connectivity index is 2.12. The molecule has 2 fully saturated rings. The molecule has 2 rings (SSSR count). The summed E-state index contributed by atoms with van der Waals surface area (Å²) < 4.78 is 0. The van der Waals surface area contributed by atoms with Crippen LogP contribution in [-0.4, -0.2) is 30.6 Å². The summed E-state index contributed by atoms with van der Waals surface area (Å²) in [7, 11) is 2.16. The molecule has 2 N–H and O–H groups in total. The highest BCUT2D eigenvalue weighted by molar-refractivity contribution is 5.07. The van der Waals surface area contributed by atoms with Crippen LogP contribution in [0.1, 0.15) is 12.8 Å². The van der Waals surface area contributed by atoms with Crippen LogP contribution in [0.25, 0.3) is 0 Å². The first-order valence-corrected chi connectivity index (χ1v) is 3.68. The molecule has 9 heavy (non-hydrogen) atoms. The molecule has 0 spiro atoms. The van der Waals surface area contributed by atoms with Crippen LogP contribution in [0.15, 0.2) is 0 Å². The number of likely N-dealkylation sites (tertiary alicyclic amines) is 1. The van der Waals surface area contributed by atoms with Gasteiger partial charge in [-0.1, -0.05) is 0 Å². The van der Waals surface area contributed by atoms with E-state index in [9.17, 15) is 0 Å². The van der Waals surface area contributed by atoms with Gasteiger partial charge in [-0.3, -0.25) is 0 Å². The molecule has 0 amide bonds. The predicted molar refractivity (Wildman–Crippen MR) is 37.1 cm³/mol. The van der Waals surface area contributed by atoms with Crippen molar-refractivity contribution in [2.75, 3.05) is 20.1 Å². The van der Waals surface area contributed by atoms with E-state index in [2.05, 4.69) is 11.9 Å². The average molecular weight is 126 g/mol. The lowest BCUT2D eigenvalue weighted by atomic mass is 9.70. The summed E-state index contributed by atoms with van der Waals surface area (Å²) in [5.41, 5.74) is 6.29. The fourth-order valence-electron chi connectivity index (χ4n) is 2.14. The zero-order chi connectivity index (χ0) is 6.48. The van der Waals surface area contributed by atoms with Gasteiger partial charge in [0.15, 0.2) is 0 Å². The second-order valence-corrected chi connectivity index (χ2v) is 3.67. The van der Waals surface area contributed by atoms with Crippen LogP contribution in [0.5, 0.6) is 0 Å². The summed E-state index contributed by atoms with van der Waals surface area (Å²) >= 11 is 0. The Kier molecular flexibility index (Phi) is 0.945. The number of hydrogen-bond donors (Lipinski definition) is 1. The van der Waals surface area contributed by atoms with Crippen molar-refractivity contribution in [2.45, 2.75) is 18.4 Å². The molecule has 1 aliphatic carbocycles. The molecule has 0 bridgehead atoms. The standard InChI is InChI=1S/C7H14N2/c1-9-4-6-2-3-7(6,8)5-9/h6H,2-5,8H2,1H3/t6-,7-/m0/s1. The van der Waals surface area contributed by atoms with Crippen LogP contribution in [0, 0.1) is 5.92 Å². The third kappa shape index (κ3) is 0.634. The quantitative estimate of drug-likeness (QED) is 0.496. The van der Waals surface area contributed by atoms with Crippen LogP contribution < -0.4 is 5.73 Å². The first kappa shape index (κ1) is 5.69. The van der Waals surface area contributed by atoms with E-state index >= 15 is 0 Å². The van der Waals surface area contributed by atoms with E-state index in [1.165, 1.54) is 19.4 Å². The van der Waals surface area contributed by atoms with Crippen LogP contribution in [-0.2, 0) is 0 Å². The van der Waals surface area contributed by atoms with Gasteiger partial charge in [-0.25, -0.2) is 0 Å². The number of fused-ring (bicyclic) bond motifs is 1. The Morgan fingerprint density at radius 3 is 2.67 bits per heavy atom. The molecule has 1 heterocycles. The lowest BCUT2D eigenvalue weighted by molar-refractivity contribution is 0.188. The van der Waals surface area contributed by atoms with E-state index in [0.29, 0.717) is 0 Å². The Morgan fingerprint density at radius 2 is 2.44 bits per heavy atom. The summed E-state index contributed by atoms with van der Waals surface area (Å²) in [5.74, 6) is 0.822. The molecule has 2 nitrogen and oxygen atoms in total. The SMILES string of the molecule is CN1C[C@@H]2CC[C@]2(N)C1. The second-order valence-electron chi connectivity index (χ2n) is 3.67. The third-order valence-electron chi connectivity index (χ3n) is 2.87. The van der Waals surface area contributed by atoms with Gasteiger partial charge in [-0.2, -0.15) is 0 Å². The largest absolute Gasteiger partial charge is 0.324 e. The highest BCUT2D eigenvalue weighted by Gasteiger charge is 2.48. The fourth-order valence-corrected chi connectivity index (χ4v) is 2.14. The second kappa shape index (κ2) is 1.50. The smallest absolute Gasteiger partial charge is 0.0324 e. The van der Waals surface area contributed by atoms with Crippen molar-refractivity contribution in [3.8, 4) is 0 Å². The van der Waals surface area contributed by atoms with E-state index < -0.39 is 0 Å². The Labute approximate surface area is 56.0 Å². The molecule has 0 aromatic carbocycles. The predicted octanol–water partition coefficient (Wildman–Crippen LogP) is 0.0393. The maximum Gasteiger partial charge on any atom is 0.0324 e. The number of rotatable bonds is 0. The van der Waals surface area contributed by atoms with Gasteiger partial charge in [0.05, 0.1) is 0 Å². The molecule has 52 valence electrons. The van der Waals surface area contributed by atoms with Crippen molar-refractivity contribution in [1.82, 2.24) is 4.90 Å². The summed E-state index contributed by atoms with van der Waals surface area (Å²) in [6.45, 7) is 2.36. The Hall–Kier alpha value is -0.0800. The Morgan fingerprint density at radius 1 is 1.67 bits per heavy atom. The van der Waals surface area contributed by atoms with Gasteiger partial charge in [0.25, 0.3) is 0 Å². The molecule has 0 aromatic heterocycles. The van der Waals surface area contributed by atoms with E-state index in [4.69, 9.17) is 5.73 Å². The summed E-state index contributed by atoms with van der Waals surface area (Å²) in [5, 5.41) is 0. The van der Waals surface area contributed by atoms with E-state index in [1.54, 1.807) is 0 Å². The zero-order valence-electron chi connectivity index (χ0n) is 5.93. The van der Waals surface area contributed by atoms with Gasteiger partial charge in [-0.05, 0) is 25.8 Å². The third-order valence-corrected chi connectivity index (χ3v) is 2.87. The topological polar surface area (TPSA) is 29.3 Å². The molecule has 0 radical (unpaired) electrons. The van der Waals surface area contributed by atoms with Crippen molar-refractivity contribution in [2.24, 2.45) is 11.7 Å². The first-order chi connectivity index (χ1) is 4.21. The molecule has 0 unspecified atom stereocenters. The van der Waals surface area contributed by atoms with Crippen LogP contribution in [0.2, 0.25) is 0 Å². The molecule has 2 heteroatoms. The number of nitrogens with two attached hydrogens (primary N) is 1. The van der Waals surface area contributed by atoms with Gasteiger partial charge in [0, 0.05) is 18.6 Å². The average Bonchev–Trinajstić information content (AvgIpc) is 1.94. The van der Waals surface area contributed by atoms with Crippen LogP contribution in [0.3, 0.4) is 0 Å². The van der Waals surface area contributed by atoms with Gasteiger partial charge in [-0.15, -0.1) is 0 Å². The van der Waals surface area contributed by atoms with E-state index in [0.717, 1.165) is 12.5 Å².